The van der Waals surface area contributed by atoms with E-state index in [4.69, 9.17) is 0 Å². The van der Waals surface area contributed by atoms with Crippen LogP contribution in [0.15, 0.2) is 48.2 Å². The summed E-state index contributed by atoms with van der Waals surface area (Å²) in [5.41, 5.74) is 3.09. The van der Waals surface area contributed by atoms with Crippen LogP contribution in [0, 0.1) is 12.8 Å². The summed E-state index contributed by atoms with van der Waals surface area (Å²) < 4.78 is 0. The van der Waals surface area contributed by atoms with E-state index >= 15 is 0 Å². The quantitative estimate of drug-likeness (QED) is 0.678. The zero-order chi connectivity index (χ0) is 22.0. The van der Waals surface area contributed by atoms with E-state index < -0.39 is 12.1 Å². The fraction of sp³-hybridized carbons (Fsp3) is 0.435. The number of rotatable bonds is 7. The Kier molecular flexibility index (Phi) is 6.29. The van der Waals surface area contributed by atoms with Gasteiger partial charge in [0.15, 0.2) is 0 Å². The van der Waals surface area contributed by atoms with Gasteiger partial charge in [-0.2, -0.15) is 0 Å². The number of carbonyl (C=O) groups excluding carboxylic acids is 3. The number of amides is 4. The monoisotopic (exact) mass is 410 g/mol. The molecule has 30 heavy (non-hydrogen) atoms. The normalized spacial score (nSPS) is 19.7. The van der Waals surface area contributed by atoms with Gasteiger partial charge in [0, 0.05) is 13.1 Å². The van der Waals surface area contributed by atoms with Crippen molar-refractivity contribution in [2.75, 3.05) is 19.6 Å². The highest BCUT2D eigenvalue weighted by Crippen LogP contribution is 2.37. The first-order valence-electron chi connectivity index (χ1n) is 10.3. The Hall–Kier alpha value is -3.09. The SMILES string of the molecule is C=CCN1C(=O)NC(c2ccc(C)cc2)C2=C1CN(C(C)C(=O)NCC(C)C)C2=O. The third-order valence-electron chi connectivity index (χ3n) is 5.50. The van der Waals surface area contributed by atoms with Crippen molar-refractivity contribution in [2.45, 2.75) is 39.8 Å². The highest BCUT2D eigenvalue weighted by molar-refractivity contribution is 6.03. The first kappa shape index (κ1) is 21.6. The summed E-state index contributed by atoms with van der Waals surface area (Å²) in [5.74, 6) is -0.104. The van der Waals surface area contributed by atoms with Crippen molar-refractivity contribution >= 4 is 17.8 Å². The number of nitrogens with zero attached hydrogens (tertiary/aromatic N) is 2. The first-order valence-corrected chi connectivity index (χ1v) is 10.3. The van der Waals surface area contributed by atoms with Crippen LogP contribution >= 0.6 is 0 Å². The van der Waals surface area contributed by atoms with Crippen LogP contribution < -0.4 is 10.6 Å². The molecule has 1 aromatic rings. The van der Waals surface area contributed by atoms with Crippen molar-refractivity contribution in [3.63, 3.8) is 0 Å². The van der Waals surface area contributed by atoms with Crippen LogP contribution in [0.3, 0.4) is 0 Å². The lowest BCUT2D eigenvalue weighted by atomic mass is 9.95. The minimum absolute atomic E-state index is 0.196. The molecule has 0 spiro atoms. The molecule has 0 bridgehead atoms. The molecule has 7 heteroatoms. The molecule has 2 atom stereocenters. The molecule has 2 aliphatic heterocycles. The van der Waals surface area contributed by atoms with Gasteiger partial charge in [0.05, 0.1) is 23.9 Å². The molecule has 0 saturated heterocycles. The Morgan fingerprint density at radius 1 is 1.27 bits per heavy atom. The van der Waals surface area contributed by atoms with Gasteiger partial charge in [-0.1, -0.05) is 49.8 Å². The second-order valence-corrected chi connectivity index (χ2v) is 8.30. The van der Waals surface area contributed by atoms with E-state index in [1.54, 1.807) is 13.0 Å². The van der Waals surface area contributed by atoms with Crippen LogP contribution in [0.2, 0.25) is 0 Å². The van der Waals surface area contributed by atoms with E-state index in [9.17, 15) is 14.4 Å². The van der Waals surface area contributed by atoms with Gasteiger partial charge in [0.25, 0.3) is 5.91 Å². The summed E-state index contributed by atoms with van der Waals surface area (Å²) in [6.45, 7) is 12.5. The number of carbonyl (C=O) groups is 3. The highest BCUT2D eigenvalue weighted by atomic mass is 16.2. The smallest absolute Gasteiger partial charge is 0.322 e. The molecule has 3 rings (SSSR count). The molecule has 0 aromatic heterocycles. The van der Waals surface area contributed by atoms with Crippen LogP contribution in [0.1, 0.15) is 37.9 Å². The summed E-state index contributed by atoms with van der Waals surface area (Å²) in [6, 6.07) is 6.30. The van der Waals surface area contributed by atoms with Gasteiger partial charge in [-0.25, -0.2) is 4.79 Å². The summed E-state index contributed by atoms with van der Waals surface area (Å²) in [4.78, 5) is 41.9. The standard InChI is InChI=1S/C23H30N4O3/c1-6-11-26-18-13-27(16(5)21(28)24-12-14(2)3)22(29)19(18)20(25-23(26)30)17-9-7-15(4)8-10-17/h6-10,14,16,20H,1,11-13H2,2-5H3,(H,24,28)(H,25,30). The van der Waals surface area contributed by atoms with Crippen LogP contribution in [0.25, 0.3) is 0 Å². The topological polar surface area (TPSA) is 81.8 Å². The van der Waals surface area contributed by atoms with Crippen LogP contribution in [-0.2, 0) is 9.59 Å². The zero-order valence-corrected chi connectivity index (χ0v) is 18.1. The number of aryl methyl sites for hydroxylation is 1. The summed E-state index contributed by atoms with van der Waals surface area (Å²) in [7, 11) is 0. The lowest BCUT2D eigenvalue weighted by Gasteiger charge is -2.33. The average Bonchev–Trinajstić information content (AvgIpc) is 3.05. The molecule has 2 aliphatic rings. The van der Waals surface area contributed by atoms with E-state index in [1.807, 2.05) is 45.0 Å². The van der Waals surface area contributed by atoms with Crippen LogP contribution in [0.4, 0.5) is 4.79 Å². The largest absolute Gasteiger partial charge is 0.354 e. The van der Waals surface area contributed by atoms with E-state index in [0.29, 0.717) is 30.3 Å². The Morgan fingerprint density at radius 3 is 2.53 bits per heavy atom. The van der Waals surface area contributed by atoms with Gasteiger partial charge < -0.3 is 15.5 Å². The Labute approximate surface area is 177 Å². The predicted octanol–water partition coefficient (Wildman–Crippen LogP) is 2.50. The minimum atomic E-state index is -0.638. The molecule has 0 radical (unpaired) electrons. The Morgan fingerprint density at radius 2 is 1.93 bits per heavy atom. The van der Waals surface area contributed by atoms with Crippen molar-refractivity contribution in [2.24, 2.45) is 5.92 Å². The molecular formula is C23H30N4O3. The van der Waals surface area contributed by atoms with Crippen LogP contribution in [-0.4, -0.2) is 53.3 Å². The minimum Gasteiger partial charge on any atom is -0.354 e. The molecule has 1 aromatic carbocycles. The van der Waals surface area contributed by atoms with Crippen molar-refractivity contribution in [1.82, 2.24) is 20.4 Å². The van der Waals surface area contributed by atoms with Crippen LogP contribution in [0.5, 0.6) is 0 Å². The van der Waals surface area contributed by atoms with Gasteiger partial charge in [0.1, 0.15) is 6.04 Å². The molecule has 7 nitrogen and oxygen atoms in total. The molecule has 0 saturated carbocycles. The maximum atomic E-state index is 13.4. The van der Waals surface area contributed by atoms with Crippen molar-refractivity contribution < 1.29 is 14.4 Å². The fourth-order valence-corrected chi connectivity index (χ4v) is 3.75. The molecule has 2 heterocycles. The van der Waals surface area contributed by atoms with E-state index in [2.05, 4.69) is 17.2 Å². The number of hydrogen-bond donors (Lipinski definition) is 2. The number of nitrogens with one attached hydrogen (secondary N) is 2. The predicted molar refractivity (Wildman–Crippen MR) is 115 cm³/mol. The molecule has 0 aliphatic carbocycles. The Bertz CT molecular complexity index is 888. The molecule has 0 fully saturated rings. The number of benzene rings is 1. The third kappa shape index (κ3) is 4.10. The van der Waals surface area contributed by atoms with Crippen molar-refractivity contribution in [1.29, 1.82) is 0 Å². The lowest BCUT2D eigenvalue weighted by molar-refractivity contribution is -0.135. The molecule has 2 N–H and O–H groups in total. The zero-order valence-electron chi connectivity index (χ0n) is 18.1. The molecule has 160 valence electrons. The van der Waals surface area contributed by atoms with Crippen molar-refractivity contribution in [3.8, 4) is 0 Å². The molecular weight excluding hydrogens is 380 g/mol. The summed E-state index contributed by atoms with van der Waals surface area (Å²) in [6.07, 6.45) is 1.63. The third-order valence-corrected chi connectivity index (χ3v) is 5.50. The summed E-state index contributed by atoms with van der Waals surface area (Å²) in [5, 5.41) is 5.84. The average molecular weight is 411 g/mol. The van der Waals surface area contributed by atoms with Crippen molar-refractivity contribution in [3.05, 3.63) is 59.3 Å². The lowest BCUT2D eigenvalue weighted by Crippen LogP contribution is -2.47. The summed E-state index contributed by atoms with van der Waals surface area (Å²) >= 11 is 0. The van der Waals surface area contributed by atoms with Gasteiger partial charge in [-0.3, -0.25) is 14.5 Å². The first-order chi connectivity index (χ1) is 14.2. The maximum Gasteiger partial charge on any atom is 0.322 e. The van der Waals surface area contributed by atoms with Gasteiger partial charge in [0.2, 0.25) is 5.91 Å². The second kappa shape index (κ2) is 8.73. The highest BCUT2D eigenvalue weighted by Gasteiger charge is 2.45. The number of urea groups is 1. The van der Waals surface area contributed by atoms with E-state index in [-0.39, 0.29) is 24.4 Å². The van der Waals surface area contributed by atoms with Gasteiger partial charge in [-0.15, -0.1) is 6.58 Å². The Balaban J connectivity index is 1.93. The maximum absolute atomic E-state index is 13.4. The van der Waals surface area contributed by atoms with E-state index in [1.165, 1.54) is 9.80 Å². The second-order valence-electron chi connectivity index (χ2n) is 8.30. The fourth-order valence-electron chi connectivity index (χ4n) is 3.75. The number of hydrogen-bond acceptors (Lipinski definition) is 3. The van der Waals surface area contributed by atoms with Gasteiger partial charge in [-0.05, 0) is 25.3 Å². The van der Waals surface area contributed by atoms with E-state index in [0.717, 1.165) is 11.1 Å². The van der Waals surface area contributed by atoms with Gasteiger partial charge >= 0.3 is 6.03 Å². The molecule has 4 amide bonds. The molecule has 2 unspecified atom stereocenters.